The first-order chi connectivity index (χ1) is 5.23. The monoisotopic (exact) mass is 168 g/mol. The van der Waals surface area contributed by atoms with Gasteiger partial charge in [-0.25, -0.2) is 0 Å². The molecule has 1 rings (SSSR count). The molecule has 1 heterocycles. The second kappa shape index (κ2) is 2.51. The molecule has 0 radical (unpaired) electrons. The van der Waals surface area contributed by atoms with Crippen LogP contribution >= 0.6 is 0 Å². The second-order valence-electron chi connectivity index (χ2n) is 5.60. The Morgan fingerprint density at radius 2 is 1.42 bits per heavy atom. The van der Waals surface area contributed by atoms with Crippen LogP contribution in [-0.2, 0) is 4.74 Å². The molecule has 0 unspecified atom stereocenters. The number of ether oxygens (including phenoxy) is 1. The molecule has 0 aromatic carbocycles. The van der Waals surface area contributed by atoms with E-state index >= 15 is 0 Å². The smallest absolute Gasteiger partial charge is 0.113 e. The maximum Gasteiger partial charge on any atom is 0.113 e. The average molecular weight is 168 g/mol. The van der Waals surface area contributed by atoms with E-state index in [9.17, 15) is 0 Å². The van der Waals surface area contributed by atoms with Crippen LogP contribution in [0.2, 0.25) is 0 Å². The summed E-state index contributed by atoms with van der Waals surface area (Å²) in [5, 5.41) is 0. The van der Waals surface area contributed by atoms with Crippen molar-refractivity contribution in [1.82, 2.24) is 0 Å². The fourth-order valence-corrected chi connectivity index (χ4v) is 1.44. The number of allylic oxidation sites excluding steroid dienone is 1. The standard InChI is InChI=1S/C11H20O/c1-10(2,3)8-7-12-9(8)11(4,5)6/h7H2,1-6H3. The zero-order valence-corrected chi connectivity index (χ0v) is 9.12. The van der Waals surface area contributed by atoms with Gasteiger partial charge >= 0.3 is 0 Å². The van der Waals surface area contributed by atoms with Gasteiger partial charge in [0.2, 0.25) is 0 Å². The summed E-state index contributed by atoms with van der Waals surface area (Å²) in [5.74, 6) is 1.20. The summed E-state index contributed by atoms with van der Waals surface area (Å²) in [5.41, 5.74) is 1.94. The van der Waals surface area contributed by atoms with E-state index in [1.165, 1.54) is 11.3 Å². The molecule has 1 nitrogen and oxygen atoms in total. The lowest BCUT2D eigenvalue weighted by atomic mass is 9.77. The molecule has 1 aliphatic rings. The third-order valence-corrected chi connectivity index (χ3v) is 2.22. The predicted octanol–water partition coefficient (Wildman–Crippen LogP) is 3.36. The van der Waals surface area contributed by atoms with Gasteiger partial charge in [0.25, 0.3) is 0 Å². The van der Waals surface area contributed by atoms with Crippen molar-refractivity contribution < 1.29 is 4.74 Å². The molecule has 0 bridgehead atoms. The maximum absolute atomic E-state index is 5.51. The van der Waals surface area contributed by atoms with Crippen LogP contribution in [0.5, 0.6) is 0 Å². The zero-order chi connectivity index (χ0) is 9.57. The van der Waals surface area contributed by atoms with Crippen molar-refractivity contribution in [3.05, 3.63) is 11.3 Å². The van der Waals surface area contributed by atoms with E-state index < -0.39 is 0 Å². The van der Waals surface area contributed by atoms with Gasteiger partial charge in [-0.15, -0.1) is 0 Å². The van der Waals surface area contributed by atoms with Gasteiger partial charge < -0.3 is 4.74 Å². The Morgan fingerprint density at radius 1 is 0.917 bits per heavy atom. The van der Waals surface area contributed by atoms with E-state index in [-0.39, 0.29) is 10.8 Å². The summed E-state index contributed by atoms with van der Waals surface area (Å²) in [6.07, 6.45) is 0. The van der Waals surface area contributed by atoms with Crippen molar-refractivity contribution in [2.75, 3.05) is 6.61 Å². The van der Waals surface area contributed by atoms with Gasteiger partial charge in [0.05, 0.1) is 0 Å². The Bertz CT molecular complexity index is 186. The minimum atomic E-state index is 0.181. The topological polar surface area (TPSA) is 9.23 Å². The van der Waals surface area contributed by atoms with E-state index in [2.05, 4.69) is 41.5 Å². The van der Waals surface area contributed by atoms with Gasteiger partial charge in [0.1, 0.15) is 12.4 Å². The third-order valence-electron chi connectivity index (χ3n) is 2.22. The minimum Gasteiger partial charge on any atom is -0.493 e. The molecule has 0 fully saturated rings. The second-order valence-corrected chi connectivity index (χ2v) is 5.60. The van der Waals surface area contributed by atoms with Crippen molar-refractivity contribution in [2.24, 2.45) is 10.8 Å². The Hall–Kier alpha value is -0.460. The van der Waals surface area contributed by atoms with Crippen molar-refractivity contribution in [3.63, 3.8) is 0 Å². The summed E-state index contributed by atoms with van der Waals surface area (Å²) < 4.78 is 5.51. The van der Waals surface area contributed by atoms with Crippen LogP contribution in [0.1, 0.15) is 41.5 Å². The quantitative estimate of drug-likeness (QED) is 0.539. The molecule has 0 aromatic heterocycles. The lowest BCUT2D eigenvalue weighted by Gasteiger charge is -2.39. The molecule has 0 amide bonds. The summed E-state index contributed by atoms with van der Waals surface area (Å²) in [7, 11) is 0. The highest BCUT2D eigenvalue weighted by atomic mass is 16.5. The molecule has 0 aliphatic carbocycles. The molecule has 0 aromatic rings. The SMILES string of the molecule is CC(C)(C)C1=C(C(C)(C)C)OC1. The summed E-state index contributed by atoms with van der Waals surface area (Å²) in [6, 6.07) is 0. The first-order valence-electron chi connectivity index (χ1n) is 4.60. The van der Waals surface area contributed by atoms with Crippen LogP contribution in [0.15, 0.2) is 11.3 Å². The average Bonchev–Trinajstić information content (AvgIpc) is 1.46. The molecule has 0 spiro atoms. The van der Waals surface area contributed by atoms with Crippen molar-refractivity contribution in [2.45, 2.75) is 41.5 Å². The van der Waals surface area contributed by atoms with Gasteiger partial charge in [-0.3, -0.25) is 0 Å². The highest BCUT2D eigenvalue weighted by molar-refractivity contribution is 5.26. The number of rotatable bonds is 0. The van der Waals surface area contributed by atoms with E-state index in [0.29, 0.717) is 0 Å². The molecular formula is C11H20O. The van der Waals surface area contributed by atoms with Crippen molar-refractivity contribution in [1.29, 1.82) is 0 Å². The van der Waals surface area contributed by atoms with Gasteiger partial charge in [0, 0.05) is 11.0 Å². The van der Waals surface area contributed by atoms with E-state index in [4.69, 9.17) is 4.74 Å². The zero-order valence-electron chi connectivity index (χ0n) is 9.12. The summed E-state index contributed by atoms with van der Waals surface area (Å²) >= 11 is 0. The third kappa shape index (κ3) is 1.65. The molecule has 0 saturated carbocycles. The van der Waals surface area contributed by atoms with Crippen LogP contribution in [0.4, 0.5) is 0 Å². The Balaban J connectivity index is 2.94. The van der Waals surface area contributed by atoms with Crippen LogP contribution in [0.25, 0.3) is 0 Å². The number of hydrogen-bond donors (Lipinski definition) is 0. The molecule has 0 saturated heterocycles. The molecule has 70 valence electrons. The van der Waals surface area contributed by atoms with Gasteiger partial charge in [-0.2, -0.15) is 0 Å². The molecule has 0 N–H and O–H groups in total. The van der Waals surface area contributed by atoms with E-state index in [1.54, 1.807) is 0 Å². The first-order valence-corrected chi connectivity index (χ1v) is 4.60. The highest BCUT2D eigenvalue weighted by Crippen LogP contribution is 2.42. The predicted molar refractivity (Wildman–Crippen MR) is 51.9 cm³/mol. The van der Waals surface area contributed by atoms with Crippen LogP contribution < -0.4 is 0 Å². The molecule has 0 atom stereocenters. The molecule has 12 heavy (non-hydrogen) atoms. The fraction of sp³-hybridized carbons (Fsp3) is 0.818. The van der Waals surface area contributed by atoms with Crippen molar-refractivity contribution >= 4 is 0 Å². The van der Waals surface area contributed by atoms with Crippen molar-refractivity contribution in [3.8, 4) is 0 Å². The van der Waals surface area contributed by atoms with Gasteiger partial charge in [-0.1, -0.05) is 41.5 Å². The lowest BCUT2D eigenvalue weighted by Crippen LogP contribution is -2.31. The molecular weight excluding hydrogens is 148 g/mol. The van der Waals surface area contributed by atoms with Gasteiger partial charge in [-0.05, 0) is 5.41 Å². The molecule has 1 heteroatoms. The highest BCUT2D eigenvalue weighted by Gasteiger charge is 2.35. The first kappa shape index (κ1) is 9.63. The summed E-state index contributed by atoms with van der Waals surface area (Å²) in [4.78, 5) is 0. The van der Waals surface area contributed by atoms with Crippen LogP contribution in [0, 0.1) is 10.8 Å². The van der Waals surface area contributed by atoms with E-state index in [0.717, 1.165) is 6.61 Å². The normalized spacial score (nSPS) is 18.8. The Morgan fingerprint density at radius 3 is 1.50 bits per heavy atom. The number of hydrogen-bond acceptors (Lipinski definition) is 1. The largest absolute Gasteiger partial charge is 0.493 e. The fourth-order valence-electron chi connectivity index (χ4n) is 1.44. The van der Waals surface area contributed by atoms with Crippen LogP contribution in [0.3, 0.4) is 0 Å². The maximum atomic E-state index is 5.51. The Kier molecular flexibility index (Phi) is 2.02. The van der Waals surface area contributed by atoms with E-state index in [1.807, 2.05) is 0 Å². The van der Waals surface area contributed by atoms with Gasteiger partial charge in [0.15, 0.2) is 0 Å². The Labute approximate surface area is 75.8 Å². The lowest BCUT2D eigenvalue weighted by molar-refractivity contribution is 0.0906. The molecule has 1 aliphatic heterocycles. The van der Waals surface area contributed by atoms with Crippen LogP contribution in [-0.4, -0.2) is 6.61 Å². The minimum absolute atomic E-state index is 0.181. The summed E-state index contributed by atoms with van der Waals surface area (Å²) in [6.45, 7) is 14.2.